The smallest absolute Gasteiger partial charge is 0.261 e. The third-order valence-electron chi connectivity index (χ3n) is 5.10. The first-order valence-electron chi connectivity index (χ1n) is 10.2. The molecule has 1 N–H and O–H groups in total. The van der Waals surface area contributed by atoms with Crippen LogP contribution in [-0.2, 0) is 16.1 Å². The van der Waals surface area contributed by atoms with Crippen LogP contribution in [0.25, 0.3) is 0 Å². The normalized spacial score (nSPS) is 11.7. The average molecular weight is 475 g/mol. The molecular formula is C24H31BrN2O3. The predicted molar refractivity (Wildman–Crippen MR) is 124 cm³/mol. The van der Waals surface area contributed by atoms with Crippen LogP contribution in [0.15, 0.2) is 40.9 Å². The average Bonchev–Trinajstić information content (AvgIpc) is 2.72. The second-order valence-corrected chi connectivity index (χ2v) is 8.52. The maximum atomic E-state index is 13.1. The number of benzene rings is 2. The summed E-state index contributed by atoms with van der Waals surface area (Å²) < 4.78 is 6.84. The zero-order chi connectivity index (χ0) is 22.3. The molecule has 0 bridgehead atoms. The van der Waals surface area contributed by atoms with E-state index < -0.39 is 6.04 Å². The summed E-state index contributed by atoms with van der Waals surface area (Å²) in [5.41, 5.74) is 4.17. The Kier molecular flexibility index (Phi) is 8.90. The molecule has 0 fully saturated rings. The first-order chi connectivity index (χ1) is 14.2. The number of amides is 2. The molecule has 0 saturated heterocycles. The second kappa shape index (κ2) is 11.2. The zero-order valence-corrected chi connectivity index (χ0v) is 20.0. The molecule has 1 atom stereocenters. The highest BCUT2D eigenvalue weighted by Crippen LogP contribution is 2.23. The van der Waals surface area contributed by atoms with E-state index in [1.165, 1.54) is 0 Å². The second-order valence-electron chi connectivity index (χ2n) is 7.61. The number of aryl methyl sites for hydroxylation is 2. The van der Waals surface area contributed by atoms with Crippen LogP contribution in [0.5, 0.6) is 5.75 Å². The maximum Gasteiger partial charge on any atom is 0.261 e. The first-order valence-corrected chi connectivity index (χ1v) is 11.0. The molecule has 0 saturated carbocycles. The summed E-state index contributed by atoms with van der Waals surface area (Å²) in [7, 11) is 0. The highest BCUT2D eigenvalue weighted by atomic mass is 79.9. The van der Waals surface area contributed by atoms with Crippen LogP contribution in [0.4, 0.5) is 0 Å². The van der Waals surface area contributed by atoms with Gasteiger partial charge in [0.2, 0.25) is 5.91 Å². The van der Waals surface area contributed by atoms with E-state index in [4.69, 9.17) is 4.74 Å². The van der Waals surface area contributed by atoms with Crippen LogP contribution < -0.4 is 10.1 Å². The van der Waals surface area contributed by atoms with Crippen LogP contribution >= 0.6 is 15.9 Å². The topological polar surface area (TPSA) is 58.6 Å². The lowest BCUT2D eigenvalue weighted by Gasteiger charge is -2.29. The number of rotatable bonds is 9. The predicted octanol–water partition coefficient (Wildman–Crippen LogP) is 4.70. The number of carbonyl (C=O) groups is 2. The van der Waals surface area contributed by atoms with Gasteiger partial charge in [0.05, 0.1) is 0 Å². The number of hydrogen-bond acceptors (Lipinski definition) is 3. The molecule has 0 aliphatic rings. The van der Waals surface area contributed by atoms with Gasteiger partial charge in [0, 0.05) is 17.6 Å². The summed E-state index contributed by atoms with van der Waals surface area (Å²) in [5, 5.41) is 2.88. The lowest BCUT2D eigenvalue weighted by Crippen LogP contribution is -2.49. The Hall–Kier alpha value is -2.34. The summed E-state index contributed by atoms with van der Waals surface area (Å²) in [5.74, 6) is 0.313. The molecule has 2 aromatic rings. The fourth-order valence-electron chi connectivity index (χ4n) is 3.14. The quantitative estimate of drug-likeness (QED) is 0.572. The van der Waals surface area contributed by atoms with Crippen LogP contribution in [0, 0.1) is 20.8 Å². The molecule has 2 aromatic carbocycles. The zero-order valence-electron chi connectivity index (χ0n) is 18.4. The lowest BCUT2D eigenvalue weighted by atomic mass is 10.1. The standard InChI is InChI=1S/C24H31BrN2O3/c1-6-11-26-24(29)19(5)27(14-20-7-9-21(25)10-8-20)23(28)15-30-22-13-16(2)12-17(3)18(22)4/h7-10,12-13,19H,6,11,14-15H2,1-5H3,(H,26,29)/t19-/m1/s1. The number of hydrogen-bond donors (Lipinski definition) is 1. The van der Waals surface area contributed by atoms with Crippen LogP contribution in [-0.4, -0.2) is 35.9 Å². The number of ether oxygens (including phenoxy) is 1. The fraction of sp³-hybridized carbons (Fsp3) is 0.417. The summed E-state index contributed by atoms with van der Waals surface area (Å²) >= 11 is 3.43. The maximum absolute atomic E-state index is 13.1. The van der Waals surface area contributed by atoms with Gasteiger partial charge >= 0.3 is 0 Å². The molecule has 0 aromatic heterocycles. The fourth-order valence-corrected chi connectivity index (χ4v) is 3.40. The van der Waals surface area contributed by atoms with Crippen LogP contribution in [0.3, 0.4) is 0 Å². The van der Waals surface area contributed by atoms with Gasteiger partial charge in [0.25, 0.3) is 5.91 Å². The Bertz CT molecular complexity index is 881. The summed E-state index contributed by atoms with van der Waals surface area (Å²) in [6.45, 7) is 10.6. The molecule has 0 radical (unpaired) electrons. The Morgan fingerprint density at radius 1 is 1.13 bits per heavy atom. The number of carbonyl (C=O) groups excluding carboxylic acids is 2. The van der Waals surface area contributed by atoms with Crippen molar-refractivity contribution in [2.24, 2.45) is 0 Å². The van der Waals surface area contributed by atoms with Crippen LogP contribution in [0.1, 0.15) is 42.5 Å². The molecule has 162 valence electrons. The van der Waals surface area contributed by atoms with Crippen molar-refractivity contribution >= 4 is 27.7 Å². The van der Waals surface area contributed by atoms with Gasteiger partial charge < -0.3 is 15.0 Å². The van der Waals surface area contributed by atoms with E-state index in [2.05, 4.69) is 27.3 Å². The van der Waals surface area contributed by atoms with E-state index in [-0.39, 0.29) is 18.4 Å². The molecule has 5 nitrogen and oxygen atoms in total. The summed E-state index contributed by atoms with van der Waals surface area (Å²) in [4.78, 5) is 27.2. The number of halogens is 1. The molecule has 2 rings (SSSR count). The van der Waals surface area contributed by atoms with Gasteiger partial charge in [-0.3, -0.25) is 9.59 Å². The van der Waals surface area contributed by atoms with Crippen molar-refractivity contribution < 1.29 is 14.3 Å². The van der Waals surface area contributed by atoms with Crippen LogP contribution in [0.2, 0.25) is 0 Å². The van der Waals surface area contributed by atoms with E-state index in [1.54, 1.807) is 11.8 Å². The highest BCUT2D eigenvalue weighted by Gasteiger charge is 2.26. The van der Waals surface area contributed by atoms with Crippen molar-refractivity contribution in [3.8, 4) is 5.75 Å². The molecule has 6 heteroatoms. The lowest BCUT2D eigenvalue weighted by molar-refractivity contribution is -0.142. The Morgan fingerprint density at radius 2 is 1.80 bits per heavy atom. The summed E-state index contributed by atoms with van der Waals surface area (Å²) in [6.07, 6.45) is 0.841. The van der Waals surface area contributed by atoms with Gasteiger partial charge in [-0.15, -0.1) is 0 Å². The largest absolute Gasteiger partial charge is 0.483 e. The Balaban J connectivity index is 2.18. The minimum atomic E-state index is -0.600. The minimum Gasteiger partial charge on any atom is -0.483 e. The van der Waals surface area contributed by atoms with Crippen molar-refractivity contribution in [2.75, 3.05) is 13.2 Å². The molecule has 0 aliphatic carbocycles. The first kappa shape index (κ1) is 23.9. The van der Waals surface area contributed by atoms with Gasteiger partial charge in [-0.2, -0.15) is 0 Å². The molecule has 30 heavy (non-hydrogen) atoms. The molecule has 0 aliphatic heterocycles. The van der Waals surface area contributed by atoms with Crippen molar-refractivity contribution in [1.82, 2.24) is 10.2 Å². The third kappa shape index (κ3) is 6.59. The van der Waals surface area contributed by atoms with E-state index >= 15 is 0 Å². The molecular weight excluding hydrogens is 444 g/mol. The van der Waals surface area contributed by atoms with E-state index in [0.29, 0.717) is 18.8 Å². The number of nitrogens with zero attached hydrogens (tertiary/aromatic N) is 1. The van der Waals surface area contributed by atoms with Gasteiger partial charge in [-0.05, 0) is 74.6 Å². The Morgan fingerprint density at radius 3 is 2.43 bits per heavy atom. The van der Waals surface area contributed by atoms with Gasteiger partial charge in [0.15, 0.2) is 6.61 Å². The van der Waals surface area contributed by atoms with Gasteiger partial charge in [-0.1, -0.05) is 41.1 Å². The Labute approximate surface area is 187 Å². The number of nitrogens with one attached hydrogen (secondary N) is 1. The van der Waals surface area contributed by atoms with Crippen molar-refractivity contribution in [3.63, 3.8) is 0 Å². The molecule has 0 unspecified atom stereocenters. The van der Waals surface area contributed by atoms with E-state index in [1.807, 2.05) is 58.0 Å². The molecule has 0 spiro atoms. The highest BCUT2D eigenvalue weighted by molar-refractivity contribution is 9.10. The van der Waals surface area contributed by atoms with Crippen molar-refractivity contribution in [3.05, 3.63) is 63.1 Å². The van der Waals surface area contributed by atoms with E-state index in [0.717, 1.165) is 33.1 Å². The van der Waals surface area contributed by atoms with Crippen molar-refractivity contribution in [1.29, 1.82) is 0 Å². The van der Waals surface area contributed by atoms with Gasteiger partial charge in [0.1, 0.15) is 11.8 Å². The van der Waals surface area contributed by atoms with E-state index in [9.17, 15) is 9.59 Å². The minimum absolute atomic E-state index is 0.119. The molecule has 0 heterocycles. The summed E-state index contributed by atoms with van der Waals surface area (Å²) in [6, 6.07) is 11.2. The molecule has 2 amide bonds. The van der Waals surface area contributed by atoms with Gasteiger partial charge in [-0.25, -0.2) is 0 Å². The monoisotopic (exact) mass is 474 g/mol. The SMILES string of the molecule is CCCNC(=O)[C@@H](C)N(Cc1ccc(Br)cc1)C(=O)COc1cc(C)cc(C)c1C. The third-order valence-corrected chi connectivity index (χ3v) is 5.63. The van der Waals surface area contributed by atoms with Crippen molar-refractivity contribution in [2.45, 2.75) is 53.6 Å².